The fourth-order valence-corrected chi connectivity index (χ4v) is 2.79. The lowest BCUT2D eigenvalue weighted by Gasteiger charge is -2.42. The normalized spacial score (nSPS) is 42.7. The molecule has 0 aromatic heterocycles. The van der Waals surface area contributed by atoms with Crippen molar-refractivity contribution in [3.8, 4) is 0 Å². The van der Waals surface area contributed by atoms with E-state index in [1.807, 2.05) is 0 Å². The SMILES string of the molecule is CC(C)C1C(O)C(O)CNC12CC2. The second-order valence-electron chi connectivity index (χ2n) is 4.86. The van der Waals surface area contributed by atoms with Crippen molar-refractivity contribution in [2.24, 2.45) is 11.8 Å². The lowest BCUT2D eigenvalue weighted by Crippen LogP contribution is -2.59. The Morgan fingerprint density at radius 1 is 1.31 bits per heavy atom. The third kappa shape index (κ3) is 1.39. The van der Waals surface area contributed by atoms with E-state index in [1.165, 1.54) is 0 Å². The van der Waals surface area contributed by atoms with E-state index in [4.69, 9.17) is 0 Å². The molecule has 3 heteroatoms. The van der Waals surface area contributed by atoms with Crippen LogP contribution in [0.25, 0.3) is 0 Å². The molecule has 0 amide bonds. The molecule has 3 atom stereocenters. The van der Waals surface area contributed by atoms with Crippen molar-refractivity contribution < 1.29 is 10.2 Å². The van der Waals surface area contributed by atoms with Crippen LogP contribution in [0.5, 0.6) is 0 Å². The molecule has 1 heterocycles. The highest BCUT2D eigenvalue weighted by Crippen LogP contribution is 2.49. The molecule has 2 aliphatic rings. The number of hydrogen-bond acceptors (Lipinski definition) is 3. The van der Waals surface area contributed by atoms with Gasteiger partial charge in [-0.1, -0.05) is 13.8 Å². The Hall–Kier alpha value is -0.120. The average molecular weight is 185 g/mol. The van der Waals surface area contributed by atoms with E-state index in [0.717, 1.165) is 12.8 Å². The maximum atomic E-state index is 9.89. The molecule has 0 radical (unpaired) electrons. The molecular weight excluding hydrogens is 166 g/mol. The summed E-state index contributed by atoms with van der Waals surface area (Å²) in [5.74, 6) is 0.649. The van der Waals surface area contributed by atoms with Gasteiger partial charge >= 0.3 is 0 Å². The molecule has 0 aromatic carbocycles. The number of aliphatic hydroxyl groups excluding tert-OH is 2. The quantitative estimate of drug-likeness (QED) is 0.544. The molecule has 3 N–H and O–H groups in total. The van der Waals surface area contributed by atoms with Crippen molar-refractivity contribution in [1.29, 1.82) is 0 Å². The van der Waals surface area contributed by atoms with Gasteiger partial charge in [-0.3, -0.25) is 0 Å². The largest absolute Gasteiger partial charge is 0.390 e. The summed E-state index contributed by atoms with van der Waals surface area (Å²) in [6.07, 6.45) is 1.18. The smallest absolute Gasteiger partial charge is 0.0926 e. The number of hydrogen-bond donors (Lipinski definition) is 3. The minimum atomic E-state index is -0.585. The first kappa shape index (κ1) is 9.44. The van der Waals surface area contributed by atoms with Crippen LogP contribution in [0.4, 0.5) is 0 Å². The molecule has 0 aromatic rings. The summed E-state index contributed by atoms with van der Waals surface area (Å²) in [6, 6.07) is 0. The van der Waals surface area contributed by atoms with Crippen molar-refractivity contribution in [3.63, 3.8) is 0 Å². The minimum absolute atomic E-state index is 0.160. The van der Waals surface area contributed by atoms with E-state index in [1.54, 1.807) is 0 Å². The molecule has 13 heavy (non-hydrogen) atoms. The zero-order chi connectivity index (χ0) is 9.64. The Morgan fingerprint density at radius 2 is 1.92 bits per heavy atom. The predicted molar refractivity (Wildman–Crippen MR) is 50.3 cm³/mol. The fraction of sp³-hybridized carbons (Fsp3) is 1.00. The molecule has 1 aliphatic heterocycles. The summed E-state index contributed by atoms with van der Waals surface area (Å²) in [7, 11) is 0. The van der Waals surface area contributed by atoms with Crippen LogP contribution in [0, 0.1) is 11.8 Å². The van der Waals surface area contributed by atoms with Gasteiger partial charge < -0.3 is 15.5 Å². The van der Waals surface area contributed by atoms with E-state index >= 15 is 0 Å². The van der Waals surface area contributed by atoms with Gasteiger partial charge in [-0.05, 0) is 18.8 Å². The highest BCUT2D eigenvalue weighted by atomic mass is 16.3. The number of β-amino-alcohol motifs (C(OH)–C–C–N with tert-alkyl or cyclic N) is 1. The van der Waals surface area contributed by atoms with Crippen molar-refractivity contribution in [2.45, 2.75) is 44.4 Å². The molecule has 3 unspecified atom stereocenters. The first-order chi connectivity index (χ1) is 6.07. The van der Waals surface area contributed by atoms with E-state index in [-0.39, 0.29) is 11.5 Å². The monoisotopic (exact) mass is 185 g/mol. The van der Waals surface area contributed by atoms with Gasteiger partial charge in [0.05, 0.1) is 12.2 Å². The van der Waals surface area contributed by atoms with Crippen molar-refractivity contribution in [1.82, 2.24) is 5.32 Å². The lowest BCUT2D eigenvalue weighted by molar-refractivity contribution is -0.0715. The highest BCUT2D eigenvalue weighted by molar-refractivity contribution is 5.13. The molecule has 1 spiro atoms. The van der Waals surface area contributed by atoms with Crippen LogP contribution in [-0.4, -0.2) is 34.5 Å². The lowest BCUT2D eigenvalue weighted by atomic mass is 9.77. The first-order valence-electron chi connectivity index (χ1n) is 5.18. The summed E-state index contributed by atoms with van der Waals surface area (Å²) in [4.78, 5) is 0. The van der Waals surface area contributed by atoms with E-state index in [9.17, 15) is 10.2 Å². The van der Waals surface area contributed by atoms with E-state index < -0.39 is 12.2 Å². The average Bonchev–Trinajstić information content (AvgIpc) is 2.79. The predicted octanol–water partition coefficient (Wildman–Crippen LogP) is 0.116. The third-order valence-corrected chi connectivity index (χ3v) is 3.57. The van der Waals surface area contributed by atoms with Gasteiger partial charge in [0.25, 0.3) is 0 Å². The Morgan fingerprint density at radius 3 is 2.38 bits per heavy atom. The summed E-state index contributed by atoms with van der Waals surface area (Å²) in [5.41, 5.74) is 0.160. The summed E-state index contributed by atoms with van der Waals surface area (Å²) in [6.45, 7) is 4.78. The Labute approximate surface area is 79.2 Å². The van der Waals surface area contributed by atoms with Crippen molar-refractivity contribution in [2.75, 3.05) is 6.54 Å². The number of piperidine rings is 1. The Bertz CT molecular complexity index is 201. The molecule has 2 fully saturated rings. The van der Waals surface area contributed by atoms with E-state index in [0.29, 0.717) is 12.5 Å². The maximum Gasteiger partial charge on any atom is 0.0926 e. The van der Waals surface area contributed by atoms with Crippen molar-refractivity contribution >= 4 is 0 Å². The van der Waals surface area contributed by atoms with Gasteiger partial charge in [0.15, 0.2) is 0 Å². The molecule has 1 aliphatic carbocycles. The Kier molecular flexibility index (Phi) is 2.13. The second-order valence-corrected chi connectivity index (χ2v) is 4.86. The van der Waals surface area contributed by atoms with Gasteiger partial charge in [-0.25, -0.2) is 0 Å². The van der Waals surface area contributed by atoms with Crippen molar-refractivity contribution in [3.05, 3.63) is 0 Å². The molecule has 76 valence electrons. The first-order valence-corrected chi connectivity index (χ1v) is 5.18. The summed E-state index contributed by atoms with van der Waals surface area (Å²) in [5, 5.41) is 22.8. The van der Waals surface area contributed by atoms with E-state index in [2.05, 4.69) is 19.2 Å². The van der Waals surface area contributed by atoms with Gasteiger partial charge in [0.2, 0.25) is 0 Å². The van der Waals surface area contributed by atoms with Gasteiger partial charge in [-0.2, -0.15) is 0 Å². The zero-order valence-electron chi connectivity index (χ0n) is 8.33. The van der Waals surface area contributed by atoms with Crippen LogP contribution < -0.4 is 5.32 Å². The maximum absolute atomic E-state index is 9.89. The summed E-state index contributed by atoms with van der Waals surface area (Å²) < 4.78 is 0. The van der Waals surface area contributed by atoms with Crippen LogP contribution in [0.3, 0.4) is 0 Å². The fourth-order valence-electron chi connectivity index (χ4n) is 2.79. The number of rotatable bonds is 1. The molecule has 3 nitrogen and oxygen atoms in total. The van der Waals surface area contributed by atoms with Crippen LogP contribution in [0.15, 0.2) is 0 Å². The molecular formula is C10H19NO2. The zero-order valence-corrected chi connectivity index (χ0v) is 8.33. The van der Waals surface area contributed by atoms with Gasteiger partial charge in [0.1, 0.15) is 0 Å². The van der Waals surface area contributed by atoms with Gasteiger partial charge in [0, 0.05) is 18.0 Å². The van der Waals surface area contributed by atoms with Crippen LogP contribution >= 0.6 is 0 Å². The molecule has 2 rings (SSSR count). The third-order valence-electron chi connectivity index (χ3n) is 3.57. The molecule has 1 saturated carbocycles. The van der Waals surface area contributed by atoms with Crippen LogP contribution in [0.2, 0.25) is 0 Å². The van der Waals surface area contributed by atoms with Gasteiger partial charge in [-0.15, -0.1) is 0 Å². The number of nitrogens with one attached hydrogen (secondary N) is 1. The number of aliphatic hydroxyl groups is 2. The highest BCUT2D eigenvalue weighted by Gasteiger charge is 2.56. The van der Waals surface area contributed by atoms with Crippen LogP contribution in [0.1, 0.15) is 26.7 Å². The second kappa shape index (κ2) is 2.94. The molecule has 0 bridgehead atoms. The summed E-state index contributed by atoms with van der Waals surface area (Å²) >= 11 is 0. The topological polar surface area (TPSA) is 52.5 Å². The standard InChI is InChI=1S/C10H19NO2/c1-6(2)8-9(13)7(12)5-11-10(8)3-4-10/h6-9,11-13H,3-5H2,1-2H3. The minimum Gasteiger partial charge on any atom is -0.390 e. The Balaban J connectivity index is 2.16. The molecule has 1 saturated heterocycles. The van der Waals surface area contributed by atoms with Crippen LogP contribution in [-0.2, 0) is 0 Å².